The standard InChI is InChI=1S/C57H81ClN8O17S/c1-35-14-13-17-46(78-10)57(74)33-45(81-55(73)62-57)36(2)52-56(4,83-52)47(32-49(68)64(7)43-29-38(28-35)30-44(77-9)51(43)58)82-54(72)37(3)65(8)84(75,76)27-26-80-25-24-79-23-21-60-53(71)41(18-19-50(69)70)61-48(67)20-22-66-40(34-63(6)59-5)31-39-15-11-12-16-42(39)66/h11-17,29-31,36-37,41,45-47,52,59,74H,18-28,32-34H2,1-10H3,(H,60,71)(H,61,67)(H,62,73)(H,69,70)/b17-13+,35-14+/t36-,37+,41+,45+,46-,47+,52+,56-,57+/m1/s1. The lowest BCUT2D eigenvalue weighted by atomic mass is 9.83. The third kappa shape index (κ3) is 17.2. The molecule has 2 aromatic carbocycles. The number of hydrogen-bond donors (Lipinski definition) is 6. The number of carboxylic acids is 1. The summed E-state index contributed by atoms with van der Waals surface area (Å²) in [7, 11) is 5.09. The van der Waals surface area contributed by atoms with Gasteiger partial charge in [-0.1, -0.05) is 60.5 Å². The van der Waals surface area contributed by atoms with Crippen molar-refractivity contribution in [3.8, 4) is 5.75 Å². The van der Waals surface area contributed by atoms with Crippen molar-refractivity contribution in [1.82, 2.24) is 35.3 Å². The summed E-state index contributed by atoms with van der Waals surface area (Å²) in [5.74, 6) is -4.57. The van der Waals surface area contributed by atoms with E-state index in [0.29, 0.717) is 30.9 Å². The molecule has 4 amide bonds. The summed E-state index contributed by atoms with van der Waals surface area (Å²) < 4.78 is 70.5. The van der Waals surface area contributed by atoms with E-state index in [9.17, 15) is 47.4 Å². The Kier molecular flexibility index (Phi) is 23.7. The van der Waals surface area contributed by atoms with Crippen molar-refractivity contribution < 1.29 is 80.6 Å². The predicted molar refractivity (Wildman–Crippen MR) is 310 cm³/mol. The number of aryl methyl sites for hydroxylation is 1. The quantitative estimate of drug-likeness (QED) is 0.0290. The molecule has 6 N–H and O–H groups in total. The largest absolute Gasteiger partial charge is 0.495 e. The van der Waals surface area contributed by atoms with E-state index in [-0.39, 0.29) is 63.7 Å². The summed E-state index contributed by atoms with van der Waals surface area (Å²) >= 11 is 6.81. The first-order valence-electron chi connectivity index (χ1n) is 27.7. The number of aromatic nitrogens is 1. The first kappa shape index (κ1) is 66.9. The molecule has 4 bridgehead atoms. The van der Waals surface area contributed by atoms with E-state index in [0.717, 1.165) is 32.0 Å². The third-order valence-electron chi connectivity index (χ3n) is 15.5. The van der Waals surface area contributed by atoms with Gasteiger partial charge in [0.1, 0.15) is 46.8 Å². The molecular weight excluding hydrogens is 1140 g/mol. The molecule has 84 heavy (non-hydrogen) atoms. The Morgan fingerprint density at radius 2 is 1.75 bits per heavy atom. The molecule has 0 saturated carbocycles. The number of aliphatic hydroxyl groups is 1. The number of nitrogens with one attached hydrogen (secondary N) is 4. The number of carboxylic acid groups (broad SMARTS) is 1. The lowest BCUT2D eigenvalue weighted by Gasteiger charge is -2.42. The van der Waals surface area contributed by atoms with Crippen LogP contribution in [-0.4, -0.2) is 197 Å². The summed E-state index contributed by atoms with van der Waals surface area (Å²) in [6, 6.07) is 10.8. The number of esters is 1. The number of para-hydroxylation sites is 1. The molecule has 25 nitrogen and oxygen atoms in total. The van der Waals surface area contributed by atoms with Gasteiger partial charge in [0, 0.05) is 77.7 Å². The highest BCUT2D eigenvalue weighted by atomic mass is 35.5. The molecule has 9 atom stereocenters. The second-order valence-corrected chi connectivity index (χ2v) is 24.0. The number of amides is 4. The highest BCUT2D eigenvalue weighted by Crippen LogP contribution is 2.49. The Bertz CT molecular complexity index is 3020. The highest BCUT2D eigenvalue weighted by Gasteiger charge is 2.64. The van der Waals surface area contributed by atoms with Crippen LogP contribution in [0.3, 0.4) is 0 Å². The fraction of sp³-hybridized carbons (Fsp3) is 0.579. The second-order valence-electron chi connectivity index (χ2n) is 21.5. The van der Waals surface area contributed by atoms with Gasteiger partial charge in [-0.05, 0) is 75.9 Å². The number of carbonyl (C=O) groups excluding carboxylic acids is 5. The number of nitrogens with zero attached hydrogens (tertiary/aromatic N) is 4. The van der Waals surface area contributed by atoms with Gasteiger partial charge in [-0.3, -0.25) is 34.7 Å². The van der Waals surface area contributed by atoms with Crippen LogP contribution in [-0.2, 0) is 81.9 Å². The zero-order chi connectivity index (χ0) is 61.7. The van der Waals surface area contributed by atoms with E-state index >= 15 is 0 Å². The minimum absolute atomic E-state index is 0.0116. The molecule has 4 heterocycles. The summed E-state index contributed by atoms with van der Waals surface area (Å²) in [6.45, 7) is 7.18. The summed E-state index contributed by atoms with van der Waals surface area (Å²) in [6.07, 6.45) is -0.531. The lowest BCUT2D eigenvalue weighted by molar-refractivity contribution is -0.157. The van der Waals surface area contributed by atoms with Crippen LogP contribution in [0.15, 0.2) is 66.3 Å². The average molecular weight is 1220 g/mol. The minimum atomic E-state index is -4.17. The number of allylic oxidation sites excluding steroid dienone is 3. The number of hydrogen-bond acceptors (Lipinski definition) is 18. The first-order chi connectivity index (χ1) is 39.7. The van der Waals surface area contributed by atoms with Gasteiger partial charge in [-0.25, -0.2) is 18.2 Å². The molecular formula is C57H81ClN8O17S. The van der Waals surface area contributed by atoms with Gasteiger partial charge in [-0.15, -0.1) is 0 Å². The molecule has 0 unspecified atom stereocenters. The minimum Gasteiger partial charge on any atom is -0.495 e. The number of likely N-dealkylation sites (N-methyl/N-ethyl adjacent to an activating group) is 1. The van der Waals surface area contributed by atoms with Gasteiger partial charge in [-0.2, -0.15) is 4.31 Å². The molecule has 0 aliphatic carbocycles. The molecule has 6 rings (SSSR count). The molecule has 0 radical (unpaired) electrons. The number of benzene rings is 2. The van der Waals surface area contributed by atoms with Crippen LogP contribution in [0, 0.1) is 5.92 Å². The van der Waals surface area contributed by atoms with Crippen LogP contribution in [0.2, 0.25) is 5.02 Å². The zero-order valence-electron chi connectivity index (χ0n) is 49.3. The molecule has 2 saturated heterocycles. The van der Waals surface area contributed by atoms with Gasteiger partial charge in [0.05, 0.1) is 64.0 Å². The van der Waals surface area contributed by atoms with Crippen LogP contribution in [0.5, 0.6) is 5.75 Å². The summed E-state index contributed by atoms with van der Waals surface area (Å²) in [5.41, 5.74) is 3.61. The number of hydrazine groups is 1. The van der Waals surface area contributed by atoms with Crippen molar-refractivity contribution in [2.75, 3.05) is 86.0 Å². The normalized spacial score (nSPS) is 24.7. The fourth-order valence-electron chi connectivity index (χ4n) is 10.2. The number of anilines is 1. The topological polar surface area (TPSA) is 308 Å². The van der Waals surface area contributed by atoms with Gasteiger partial charge >= 0.3 is 18.0 Å². The van der Waals surface area contributed by atoms with Crippen molar-refractivity contribution in [3.63, 3.8) is 0 Å². The Morgan fingerprint density at radius 3 is 2.44 bits per heavy atom. The predicted octanol–water partition coefficient (Wildman–Crippen LogP) is 3.43. The van der Waals surface area contributed by atoms with Crippen molar-refractivity contribution in [2.24, 2.45) is 5.92 Å². The van der Waals surface area contributed by atoms with Gasteiger partial charge in [0.15, 0.2) is 5.72 Å². The van der Waals surface area contributed by atoms with Crippen LogP contribution < -0.4 is 31.0 Å². The lowest BCUT2D eigenvalue weighted by Crippen LogP contribution is -2.63. The number of ether oxygens (including phenoxy) is 7. The van der Waals surface area contributed by atoms with E-state index in [2.05, 4.69) is 27.4 Å². The Balaban J connectivity index is 1.02. The maximum absolute atomic E-state index is 14.4. The molecule has 464 valence electrons. The number of epoxide rings is 1. The maximum atomic E-state index is 14.4. The van der Waals surface area contributed by atoms with Crippen molar-refractivity contribution in [3.05, 3.63) is 82.5 Å². The third-order valence-corrected chi connectivity index (χ3v) is 17.7. The van der Waals surface area contributed by atoms with Crippen LogP contribution in [0.25, 0.3) is 10.9 Å². The highest BCUT2D eigenvalue weighted by molar-refractivity contribution is 7.89. The van der Waals surface area contributed by atoms with E-state index in [1.54, 1.807) is 38.1 Å². The number of sulfonamides is 1. The number of aliphatic carboxylic acids is 1. The molecule has 27 heteroatoms. The number of methoxy groups -OCH3 is 2. The van der Waals surface area contributed by atoms with E-state index in [4.69, 9.17) is 44.8 Å². The van der Waals surface area contributed by atoms with Crippen LogP contribution >= 0.6 is 11.6 Å². The Hall–Kier alpha value is -6.20. The Labute approximate surface area is 495 Å². The summed E-state index contributed by atoms with van der Waals surface area (Å²) in [5, 5.41) is 32.1. The summed E-state index contributed by atoms with van der Waals surface area (Å²) in [4.78, 5) is 80.7. The molecule has 0 spiro atoms. The SMILES string of the molecule is CNN(C)Cc1cc2ccccc2n1CCC(=O)N[C@@H](CCC(=O)O)C(=O)NCCOCCOCCS(=O)(=O)N(C)[C@@H](C)C(=O)O[C@H]1CC(=O)N(C)c2cc(cc(OC)c2Cl)C/C(C)=C/C=C/[C@@H](OC)[C@@]2(O)C[C@H](OC(=O)N2)[C@@H](C)[C@@H]2O[C@]12C. The number of alkyl carbamates (subject to hydrolysis) is 1. The number of rotatable bonds is 26. The zero-order valence-corrected chi connectivity index (χ0v) is 50.9. The molecule has 3 aliphatic heterocycles. The average Bonchev–Trinajstić information content (AvgIpc) is 1.69. The van der Waals surface area contributed by atoms with Crippen molar-refractivity contribution in [2.45, 2.75) is 127 Å². The molecule has 1 aromatic heterocycles. The smallest absolute Gasteiger partial charge is 0.409 e. The molecule has 3 aliphatic rings. The first-order valence-corrected chi connectivity index (χ1v) is 29.7. The number of halogens is 1. The van der Waals surface area contributed by atoms with Crippen molar-refractivity contribution >= 4 is 74.0 Å². The van der Waals surface area contributed by atoms with Gasteiger partial charge < -0.3 is 63.5 Å². The fourth-order valence-corrected chi connectivity index (χ4v) is 11.7. The van der Waals surface area contributed by atoms with E-state index < -0.39 is 112 Å². The van der Waals surface area contributed by atoms with Crippen LogP contribution in [0.1, 0.15) is 71.1 Å². The molecule has 3 aromatic rings. The van der Waals surface area contributed by atoms with Gasteiger partial charge in [0.25, 0.3) is 0 Å². The van der Waals surface area contributed by atoms with Crippen LogP contribution in [0.4, 0.5) is 10.5 Å². The van der Waals surface area contributed by atoms with E-state index in [1.165, 1.54) is 40.1 Å². The Morgan fingerprint density at radius 1 is 1.04 bits per heavy atom. The molecule has 2 fully saturated rings. The number of fused-ring (bicyclic) bond motifs is 6. The van der Waals surface area contributed by atoms with Gasteiger partial charge in [0.2, 0.25) is 27.7 Å². The maximum Gasteiger partial charge on any atom is 0.409 e. The number of carbonyl (C=O) groups is 6. The van der Waals surface area contributed by atoms with Crippen molar-refractivity contribution in [1.29, 1.82) is 0 Å². The monoisotopic (exact) mass is 1220 g/mol. The van der Waals surface area contributed by atoms with E-state index in [1.807, 2.05) is 60.9 Å². The second kappa shape index (κ2) is 29.7.